The third-order valence-corrected chi connectivity index (χ3v) is 2.16. The van der Waals surface area contributed by atoms with Gasteiger partial charge < -0.3 is 10.8 Å². The van der Waals surface area contributed by atoms with Gasteiger partial charge in [0.05, 0.1) is 5.56 Å². The molecule has 3 N–H and O–H groups in total. The van der Waals surface area contributed by atoms with Crippen molar-refractivity contribution in [2.75, 3.05) is 0 Å². The van der Waals surface area contributed by atoms with E-state index in [1.54, 1.807) is 18.2 Å². The molecule has 0 heterocycles. The molecule has 0 spiro atoms. The SMILES string of the molecule is CCC[C@@H](N)c1cccc(C(=O)O)c1. The van der Waals surface area contributed by atoms with Gasteiger partial charge in [0.25, 0.3) is 0 Å². The molecule has 1 atom stereocenters. The number of carboxylic acid groups (broad SMARTS) is 1. The average molecular weight is 193 g/mol. The van der Waals surface area contributed by atoms with Gasteiger partial charge in [-0.1, -0.05) is 25.5 Å². The molecule has 0 unspecified atom stereocenters. The molecule has 3 nitrogen and oxygen atoms in total. The summed E-state index contributed by atoms with van der Waals surface area (Å²) in [6.45, 7) is 2.06. The fraction of sp³-hybridized carbons (Fsp3) is 0.364. The highest BCUT2D eigenvalue weighted by Crippen LogP contribution is 2.16. The zero-order valence-corrected chi connectivity index (χ0v) is 8.23. The lowest BCUT2D eigenvalue weighted by Gasteiger charge is -2.10. The predicted molar refractivity (Wildman–Crippen MR) is 55.2 cm³/mol. The Bertz CT molecular complexity index is 323. The quantitative estimate of drug-likeness (QED) is 0.770. The van der Waals surface area contributed by atoms with Crippen LogP contribution in [0.1, 0.15) is 41.7 Å². The van der Waals surface area contributed by atoms with Gasteiger partial charge in [-0.25, -0.2) is 4.79 Å². The Hall–Kier alpha value is -1.35. The van der Waals surface area contributed by atoms with Crippen molar-refractivity contribution in [3.8, 4) is 0 Å². The largest absolute Gasteiger partial charge is 0.478 e. The minimum atomic E-state index is -0.907. The second kappa shape index (κ2) is 4.77. The van der Waals surface area contributed by atoms with Crippen molar-refractivity contribution in [1.29, 1.82) is 0 Å². The number of carboxylic acids is 1. The zero-order chi connectivity index (χ0) is 10.6. The Labute approximate surface area is 83.6 Å². The number of hydrogen-bond donors (Lipinski definition) is 2. The van der Waals surface area contributed by atoms with Crippen molar-refractivity contribution >= 4 is 5.97 Å². The lowest BCUT2D eigenvalue weighted by molar-refractivity contribution is 0.0696. The van der Waals surface area contributed by atoms with Gasteiger partial charge in [-0.2, -0.15) is 0 Å². The lowest BCUT2D eigenvalue weighted by Crippen LogP contribution is -2.10. The van der Waals surface area contributed by atoms with Crippen molar-refractivity contribution in [2.45, 2.75) is 25.8 Å². The van der Waals surface area contributed by atoms with Crippen LogP contribution in [0.4, 0.5) is 0 Å². The molecule has 0 aromatic heterocycles. The number of aromatic carboxylic acids is 1. The van der Waals surface area contributed by atoms with E-state index in [4.69, 9.17) is 10.8 Å². The number of rotatable bonds is 4. The summed E-state index contributed by atoms with van der Waals surface area (Å²) < 4.78 is 0. The molecule has 76 valence electrons. The fourth-order valence-corrected chi connectivity index (χ4v) is 1.38. The molecule has 1 rings (SSSR count). The van der Waals surface area contributed by atoms with E-state index in [0.717, 1.165) is 18.4 Å². The molecule has 0 radical (unpaired) electrons. The molecule has 0 aliphatic carbocycles. The minimum Gasteiger partial charge on any atom is -0.478 e. The van der Waals surface area contributed by atoms with Crippen molar-refractivity contribution in [1.82, 2.24) is 0 Å². The van der Waals surface area contributed by atoms with Crippen LogP contribution in [-0.2, 0) is 0 Å². The van der Waals surface area contributed by atoms with Gasteiger partial charge in [-0.05, 0) is 24.1 Å². The van der Waals surface area contributed by atoms with Crippen LogP contribution in [0.2, 0.25) is 0 Å². The summed E-state index contributed by atoms with van der Waals surface area (Å²) in [6.07, 6.45) is 1.88. The molecule has 0 saturated carbocycles. The van der Waals surface area contributed by atoms with Gasteiger partial charge in [-0.3, -0.25) is 0 Å². The maximum atomic E-state index is 10.7. The molecular weight excluding hydrogens is 178 g/mol. The second-order valence-corrected chi connectivity index (χ2v) is 3.33. The Morgan fingerprint density at radius 3 is 2.86 bits per heavy atom. The molecule has 1 aromatic carbocycles. The standard InChI is InChI=1S/C11H15NO2/c1-2-4-10(12)8-5-3-6-9(7-8)11(13)14/h3,5-7,10H,2,4,12H2,1H3,(H,13,14)/t10-/m1/s1. The van der Waals surface area contributed by atoms with Gasteiger partial charge >= 0.3 is 5.97 Å². The van der Waals surface area contributed by atoms with Gasteiger partial charge in [0.2, 0.25) is 0 Å². The third-order valence-electron chi connectivity index (χ3n) is 2.16. The Kier molecular flexibility index (Phi) is 3.65. The van der Waals surface area contributed by atoms with Gasteiger partial charge in [0.15, 0.2) is 0 Å². The summed E-state index contributed by atoms with van der Waals surface area (Å²) in [5, 5.41) is 8.78. The molecule has 0 aliphatic heterocycles. The van der Waals surface area contributed by atoms with Gasteiger partial charge in [0.1, 0.15) is 0 Å². The zero-order valence-electron chi connectivity index (χ0n) is 8.23. The van der Waals surface area contributed by atoms with Crippen molar-refractivity contribution in [2.24, 2.45) is 5.73 Å². The first-order valence-corrected chi connectivity index (χ1v) is 4.74. The van der Waals surface area contributed by atoms with E-state index >= 15 is 0 Å². The van der Waals surface area contributed by atoms with Crippen LogP contribution in [0.5, 0.6) is 0 Å². The molecule has 1 aromatic rings. The van der Waals surface area contributed by atoms with Gasteiger partial charge in [0, 0.05) is 6.04 Å². The predicted octanol–water partition coefficient (Wildman–Crippen LogP) is 2.18. The molecular formula is C11H15NO2. The summed E-state index contributed by atoms with van der Waals surface area (Å²) in [4.78, 5) is 10.7. The number of carbonyl (C=O) groups is 1. The van der Waals surface area contributed by atoms with Crippen molar-refractivity contribution in [3.05, 3.63) is 35.4 Å². The van der Waals surface area contributed by atoms with E-state index < -0.39 is 5.97 Å². The molecule has 0 saturated heterocycles. The summed E-state index contributed by atoms with van der Waals surface area (Å²) in [5.74, 6) is -0.907. The fourth-order valence-electron chi connectivity index (χ4n) is 1.38. The minimum absolute atomic E-state index is 0.0562. The highest BCUT2D eigenvalue weighted by atomic mass is 16.4. The van der Waals surface area contributed by atoms with Crippen molar-refractivity contribution in [3.63, 3.8) is 0 Å². The smallest absolute Gasteiger partial charge is 0.335 e. The first kappa shape index (κ1) is 10.7. The van der Waals surface area contributed by atoms with E-state index in [0.29, 0.717) is 5.56 Å². The Balaban J connectivity index is 2.87. The van der Waals surface area contributed by atoms with E-state index in [1.165, 1.54) is 0 Å². The highest BCUT2D eigenvalue weighted by molar-refractivity contribution is 5.87. The summed E-state index contributed by atoms with van der Waals surface area (Å²) in [7, 11) is 0. The molecule has 0 aliphatic rings. The maximum absolute atomic E-state index is 10.7. The van der Waals surface area contributed by atoms with E-state index in [9.17, 15) is 4.79 Å². The van der Waals surface area contributed by atoms with E-state index in [-0.39, 0.29) is 6.04 Å². The topological polar surface area (TPSA) is 63.3 Å². The number of hydrogen-bond acceptors (Lipinski definition) is 2. The Morgan fingerprint density at radius 1 is 1.57 bits per heavy atom. The number of benzene rings is 1. The third kappa shape index (κ3) is 2.57. The van der Waals surface area contributed by atoms with Crippen LogP contribution in [-0.4, -0.2) is 11.1 Å². The average Bonchev–Trinajstić information content (AvgIpc) is 2.18. The van der Waals surface area contributed by atoms with Crippen LogP contribution in [0.3, 0.4) is 0 Å². The molecule has 0 fully saturated rings. The van der Waals surface area contributed by atoms with Crippen molar-refractivity contribution < 1.29 is 9.90 Å². The summed E-state index contributed by atoms with van der Waals surface area (Å²) in [5.41, 5.74) is 7.08. The van der Waals surface area contributed by atoms with Crippen LogP contribution >= 0.6 is 0 Å². The van der Waals surface area contributed by atoms with E-state index in [1.807, 2.05) is 6.07 Å². The maximum Gasteiger partial charge on any atom is 0.335 e. The van der Waals surface area contributed by atoms with Crippen LogP contribution in [0.25, 0.3) is 0 Å². The van der Waals surface area contributed by atoms with E-state index in [2.05, 4.69) is 6.92 Å². The van der Waals surface area contributed by atoms with Crippen LogP contribution in [0, 0.1) is 0 Å². The summed E-state index contributed by atoms with van der Waals surface area (Å²) >= 11 is 0. The second-order valence-electron chi connectivity index (χ2n) is 3.33. The van der Waals surface area contributed by atoms with Crippen LogP contribution in [0.15, 0.2) is 24.3 Å². The molecule has 3 heteroatoms. The van der Waals surface area contributed by atoms with Crippen LogP contribution < -0.4 is 5.73 Å². The summed E-state index contributed by atoms with van der Waals surface area (Å²) in [6, 6.07) is 6.76. The highest BCUT2D eigenvalue weighted by Gasteiger charge is 2.08. The normalized spacial score (nSPS) is 12.4. The number of nitrogens with two attached hydrogens (primary N) is 1. The monoisotopic (exact) mass is 193 g/mol. The molecule has 14 heavy (non-hydrogen) atoms. The lowest BCUT2D eigenvalue weighted by atomic mass is 10.0. The molecule has 0 bridgehead atoms. The van der Waals surface area contributed by atoms with Gasteiger partial charge in [-0.15, -0.1) is 0 Å². The Morgan fingerprint density at radius 2 is 2.29 bits per heavy atom. The molecule has 0 amide bonds. The first-order valence-electron chi connectivity index (χ1n) is 4.74. The first-order chi connectivity index (χ1) is 6.65.